The number of aromatic amines is 1. The topological polar surface area (TPSA) is 74.2 Å². The predicted octanol–water partition coefficient (Wildman–Crippen LogP) is 3.58. The molecule has 0 aliphatic carbocycles. The average molecular weight is 458 g/mol. The summed E-state index contributed by atoms with van der Waals surface area (Å²) in [6.07, 6.45) is 0.784. The van der Waals surface area contributed by atoms with Crippen molar-refractivity contribution in [2.75, 3.05) is 36.8 Å². The lowest BCUT2D eigenvalue weighted by Gasteiger charge is -2.36. The zero-order chi connectivity index (χ0) is 22.8. The van der Waals surface area contributed by atoms with Crippen LogP contribution in [0.3, 0.4) is 0 Å². The van der Waals surface area contributed by atoms with E-state index in [4.69, 9.17) is 0 Å². The first-order valence-electron chi connectivity index (χ1n) is 10.9. The number of hydrogen-bond acceptors (Lipinski definition) is 5. The van der Waals surface area contributed by atoms with Crippen molar-refractivity contribution in [3.8, 4) is 0 Å². The van der Waals surface area contributed by atoms with E-state index in [0.717, 1.165) is 12.1 Å². The van der Waals surface area contributed by atoms with Crippen LogP contribution in [0, 0.1) is 12.7 Å². The van der Waals surface area contributed by atoms with E-state index in [9.17, 15) is 14.0 Å². The van der Waals surface area contributed by atoms with Crippen LogP contribution >= 0.6 is 11.8 Å². The smallest absolute Gasteiger partial charge is 0.278 e. The maximum Gasteiger partial charge on any atom is 0.278 e. The van der Waals surface area contributed by atoms with Crippen molar-refractivity contribution in [1.29, 1.82) is 0 Å². The summed E-state index contributed by atoms with van der Waals surface area (Å²) in [6.45, 7) is 8.15. The first kappa shape index (κ1) is 22.4. The molecule has 9 heteroatoms. The third-order valence-electron chi connectivity index (χ3n) is 5.97. The van der Waals surface area contributed by atoms with Crippen LogP contribution in [-0.4, -0.2) is 57.3 Å². The molecule has 1 aromatic carbocycles. The summed E-state index contributed by atoms with van der Waals surface area (Å²) < 4.78 is 15.7. The van der Waals surface area contributed by atoms with Gasteiger partial charge in [-0.15, -0.1) is 0 Å². The molecule has 7 nitrogen and oxygen atoms in total. The Bertz CT molecular complexity index is 1180. The highest BCUT2D eigenvalue weighted by Crippen LogP contribution is 2.24. The molecule has 2 aromatic heterocycles. The van der Waals surface area contributed by atoms with E-state index in [1.807, 2.05) is 37.8 Å². The number of benzene rings is 1. The second-order valence-corrected chi connectivity index (χ2v) is 9.09. The van der Waals surface area contributed by atoms with E-state index in [0.29, 0.717) is 48.1 Å². The Kier molecular flexibility index (Phi) is 6.55. The number of nitrogens with one attached hydrogen (secondary N) is 1. The molecule has 1 amide bonds. The van der Waals surface area contributed by atoms with Gasteiger partial charge in [0.15, 0.2) is 5.16 Å². The predicted molar refractivity (Wildman–Crippen MR) is 126 cm³/mol. The van der Waals surface area contributed by atoms with Gasteiger partial charge in [0, 0.05) is 37.9 Å². The number of halogens is 1. The lowest BCUT2D eigenvalue weighted by atomic mass is 10.2. The summed E-state index contributed by atoms with van der Waals surface area (Å²) in [5.74, 6) is -0.0388. The minimum absolute atomic E-state index is 0.00141. The van der Waals surface area contributed by atoms with Gasteiger partial charge >= 0.3 is 0 Å². The van der Waals surface area contributed by atoms with Gasteiger partial charge in [-0.25, -0.2) is 9.37 Å². The number of fused-ring (bicyclic) bond motifs is 1. The van der Waals surface area contributed by atoms with Crippen LogP contribution in [0.4, 0.5) is 10.1 Å². The molecule has 1 N–H and O–H groups in total. The zero-order valence-corrected chi connectivity index (χ0v) is 19.4. The highest BCUT2D eigenvalue weighted by molar-refractivity contribution is 7.99. The number of piperazine rings is 1. The van der Waals surface area contributed by atoms with Crippen LogP contribution in [0.5, 0.6) is 0 Å². The van der Waals surface area contributed by atoms with Crippen molar-refractivity contribution < 1.29 is 9.18 Å². The second-order valence-electron chi connectivity index (χ2n) is 8.15. The largest absolute Gasteiger partial charge is 0.366 e. The third kappa shape index (κ3) is 4.39. The SMILES string of the molecule is CC[C@H](C)n1c(SCC(=O)N2CCN(c3ccccc3F)CC2)nc2cc(C)[nH]c2c1=O. The average Bonchev–Trinajstić information content (AvgIpc) is 3.18. The molecular weight excluding hydrogens is 429 g/mol. The number of H-pyrrole nitrogens is 1. The molecule has 170 valence electrons. The van der Waals surface area contributed by atoms with Gasteiger partial charge in [0.05, 0.1) is 17.0 Å². The van der Waals surface area contributed by atoms with Crippen LogP contribution in [0.15, 0.2) is 40.3 Å². The van der Waals surface area contributed by atoms with E-state index >= 15 is 0 Å². The molecule has 0 radical (unpaired) electrons. The molecule has 1 atom stereocenters. The molecule has 0 unspecified atom stereocenters. The van der Waals surface area contributed by atoms with Gasteiger partial charge in [-0.2, -0.15) is 0 Å². The number of para-hydroxylation sites is 1. The molecule has 0 saturated carbocycles. The molecule has 3 heterocycles. The molecule has 1 saturated heterocycles. The minimum atomic E-state index is -0.243. The fourth-order valence-electron chi connectivity index (χ4n) is 3.99. The molecule has 1 fully saturated rings. The lowest BCUT2D eigenvalue weighted by molar-refractivity contribution is -0.128. The summed E-state index contributed by atoms with van der Waals surface area (Å²) in [6, 6.07) is 8.54. The Balaban J connectivity index is 1.45. The Morgan fingerprint density at radius 2 is 1.97 bits per heavy atom. The Labute approximate surface area is 190 Å². The maximum atomic E-state index is 14.1. The van der Waals surface area contributed by atoms with Crippen molar-refractivity contribution in [2.24, 2.45) is 0 Å². The number of amides is 1. The Hall–Kier alpha value is -2.81. The number of thioether (sulfide) groups is 1. The number of carbonyl (C=O) groups is 1. The summed E-state index contributed by atoms with van der Waals surface area (Å²) in [5, 5.41) is 0.564. The van der Waals surface area contributed by atoms with Gasteiger partial charge in [0.25, 0.3) is 5.56 Å². The van der Waals surface area contributed by atoms with Crippen molar-refractivity contribution >= 4 is 34.4 Å². The quantitative estimate of drug-likeness (QED) is 0.452. The maximum absolute atomic E-state index is 14.1. The summed E-state index contributed by atoms with van der Waals surface area (Å²) >= 11 is 1.30. The summed E-state index contributed by atoms with van der Waals surface area (Å²) in [7, 11) is 0. The van der Waals surface area contributed by atoms with E-state index < -0.39 is 0 Å². The number of aromatic nitrogens is 3. The van der Waals surface area contributed by atoms with Crippen LogP contribution in [-0.2, 0) is 4.79 Å². The Morgan fingerprint density at radius 1 is 1.25 bits per heavy atom. The number of rotatable bonds is 6. The third-order valence-corrected chi connectivity index (χ3v) is 6.91. The number of carbonyl (C=O) groups excluding carboxylic acids is 1. The highest BCUT2D eigenvalue weighted by Gasteiger charge is 2.24. The van der Waals surface area contributed by atoms with Crippen molar-refractivity contribution in [1.82, 2.24) is 19.4 Å². The molecule has 4 rings (SSSR count). The summed E-state index contributed by atoms with van der Waals surface area (Å²) in [4.78, 5) is 37.5. The van der Waals surface area contributed by atoms with Crippen LogP contribution in [0.25, 0.3) is 11.0 Å². The van der Waals surface area contributed by atoms with Gasteiger partial charge in [-0.1, -0.05) is 30.8 Å². The van der Waals surface area contributed by atoms with E-state index in [2.05, 4.69) is 9.97 Å². The number of anilines is 1. The number of hydrogen-bond donors (Lipinski definition) is 1. The van der Waals surface area contributed by atoms with Gasteiger partial charge in [0.2, 0.25) is 5.91 Å². The van der Waals surface area contributed by atoms with E-state index in [-0.39, 0.29) is 29.1 Å². The van der Waals surface area contributed by atoms with Crippen molar-refractivity contribution in [3.63, 3.8) is 0 Å². The monoisotopic (exact) mass is 457 g/mol. The van der Waals surface area contributed by atoms with Crippen molar-refractivity contribution in [3.05, 3.63) is 52.2 Å². The van der Waals surface area contributed by atoms with Crippen LogP contribution in [0.2, 0.25) is 0 Å². The minimum Gasteiger partial charge on any atom is -0.366 e. The van der Waals surface area contributed by atoms with Crippen LogP contribution < -0.4 is 10.5 Å². The van der Waals surface area contributed by atoms with Gasteiger partial charge in [-0.3, -0.25) is 14.2 Å². The lowest BCUT2D eigenvalue weighted by Crippen LogP contribution is -2.49. The van der Waals surface area contributed by atoms with Crippen LogP contribution in [0.1, 0.15) is 32.0 Å². The molecule has 1 aliphatic heterocycles. The second kappa shape index (κ2) is 9.36. The molecular formula is C23H28FN5O2S. The fraction of sp³-hybridized carbons (Fsp3) is 0.435. The molecule has 3 aromatic rings. The van der Waals surface area contributed by atoms with E-state index in [1.165, 1.54) is 17.8 Å². The summed E-state index contributed by atoms with van der Waals surface area (Å²) in [5.41, 5.74) is 2.48. The first-order chi connectivity index (χ1) is 15.4. The highest BCUT2D eigenvalue weighted by atomic mass is 32.2. The number of nitrogens with zero attached hydrogens (tertiary/aromatic N) is 4. The normalized spacial score (nSPS) is 15.4. The Morgan fingerprint density at radius 3 is 2.66 bits per heavy atom. The standard InChI is InChI=1S/C23H28FN5O2S/c1-4-16(3)29-22(31)21-18(13-15(2)25-21)26-23(29)32-14-20(30)28-11-9-27(10-12-28)19-8-6-5-7-17(19)24/h5-8,13,16,25H,4,9-12,14H2,1-3H3/t16-/m0/s1. The first-order valence-corrected chi connectivity index (χ1v) is 11.9. The fourth-order valence-corrected chi connectivity index (χ4v) is 4.99. The number of aryl methyl sites for hydroxylation is 1. The van der Waals surface area contributed by atoms with Gasteiger partial charge in [0.1, 0.15) is 11.3 Å². The zero-order valence-electron chi connectivity index (χ0n) is 18.6. The van der Waals surface area contributed by atoms with E-state index in [1.54, 1.807) is 21.6 Å². The molecule has 0 spiro atoms. The van der Waals surface area contributed by atoms with Gasteiger partial charge in [-0.05, 0) is 38.5 Å². The molecule has 1 aliphatic rings. The van der Waals surface area contributed by atoms with Gasteiger partial charge < -0.3 is 14.8 Å². The van der Waals surface area contributed by atoms with Crippen molar-refractivity contribution in [2.45, 2.75) is 38.4 Å². The molecule has 32 heavy (non-hydrogen) atoms. The molecule has 0 bridgehead atoms.